The van der Waals surface area contributed by atoms with Gasteiger partial charge < -0.3 is 20.3 Å². The number of urea groups is 1. The van der Waals surface area contributed by atoms with Gasteiger partial charge in [0.2, 0.25) is 0 Å². The van der Waals surface area contributed by atoms with Crippen LogP contribution in [-0.2, 0) is 11.3 Å². The number of nitrogens with one attached hydrogen (secondary N) is 2. The second-order valence-electron chi connectivity index (χ2n) is 5.77. The van der Waals surface area contributed by atoms with E-state index in [2.05, 4.69) is 10.6 Å². The molecule has 0 bridgehead atoms. The van der Waals surface area contributed by atoms with E-state index < -0.39 is 0 Å². The maximum atomic E-state index is 11.9. The lowest BCUT2D eigenvalue weighted by molar-refractivity contribution is 0.0957. The van der Waals surface area contributed by atoms with Crippen LogP contribution in [0.15, 0.2) is 24.3 Å². The van der Waals surface area contributed by atoms with Crippen molar-refractivity contribution in [3.63, 3.8) is 0 Å². The van der Waals surface area contributed by atoms with Crippen molar-refractivity contribution in [3.8, 4) is 0 Å². The van der Waals surface area contributed by atoms with Crippen molar-refractivity contribution in [2.75, 3.05) is 19.7 Å². The summed E-state index contributed by atoms with van der Waals surface area (Å²) >= 11 is 0. The average molecular weight is 319 g/mol. The Morgan fingerprint density at radius 2 is 1.87 bits per heavy atom. The van der Waals surface area contributed by atoms with Crippen molar-refractivity contribution in [3.05, 3.63) is 35.4 Å². The Balaban J connectivity index is 1.68. The van der Waals surface area contributed by atoms with Crippen molar-refractivity contribution in [2.24, 2.45) is 0 Å². The van der Waals surface area contributed by atoms with Crippen molar-refractivity contribution in [2.45, 2.75) is 39.3 Å². The molecule has 0 saturated carbocycles. The number of carbonyl (C=O) groups is 2. The van der Waals surface area contributed by atoms with Crippen molar-refractivity contribution in [1.29, 1.82) is 0 Å². The predicted molar refractivity (Wildman–Crippen MR) is 88.2 cm³/mol. The Labute approximate surface area is 137 Å². The van der Waals surface area contributed by atoms with E-state index in [-0.39, 0.29) is 18.2 Å². The second-order valence-corrected chi connectivity index (χ2v) is 5.77. The molecular formula is C17H25N3O3. The molecule has 6 heteroatoms. The van der Waals surface area contributed by atoms with Crippen LogP contribution in [0, 0.1) is 6.92 Å². The molecule has 126 valence electrons. The average Bonchev–Trinajstić information content (AvgIpc) is 2.55. The summed E-state index contributed by atoms with van der Waals surface area (Å²) in [4.78, 5) is 25.2. The van der Waals surface area contributed by atoms with Gasteiger partial charge in [0.15, 0.2) is 0 Å². The Morgan fingerprint density at radius 1 is 1.22 bits per heavy atom. The third-order valence-corrected chi connectivity index (χ3v) is 3.93. The summed E-state index contributed by atoms with van der Waals surface area (Å²) < 4.78 is 4.98. The van der Waals surface area contributed by atoms with E-state index in [0.29, 0.717) is 26.2 Å². The molecule has 23 heavy (non-hydrogen) atoms. The zero-order valence-electron chi connectivity index (χ0n) is 13.8. The summed E-state index contributed by atoms with van der Waals surface area (Å²) in [6.07, 6.45) is 1.22. The molecule has 0 atom stereocenters. The fourth-order valence-corrected chi connectivity index (χ4v) is 2.55. The molecule has 6 nitrogen and oxygen atoms in total. The molecule has 1 fully saturated rings. The van der Waals surface area contributed by atoms with Crippen molar-refractivity contribution >= 4 is 12.1 Å². The number of piperidine rings is 1. The van der Waals surface area contributed by atoms with Gasteiger partial charge in [0.1, 0.15) is 0 Å². The highest BCUT2D eigenvalue weighted by Crippen LogP contribution is 2.11. The quantitative estimate of drug-likeness (QED) is 0.895. The topological polar surface area (TPSA) is 70.7 Å². The fourth-order valence-electron chi connectivity index (χ4n) is 2.55. The molecule has 0 aromatic heterocycles. The van der Waals surface area contributed by atoms with Crippen molar-refractivity contribution in [1.82, 2.24) is 15.5 Å². The van der Waals surface area contributed by atoms with E-state index in [0.717, 1.165) is 18.4 Å². The van der Waals surface area contributed by atoms with Crippen LogP contribution in [-0.4, -0.2) is 42.8 Å². The number of hydrogen-bond acceptors (Lipinski definition) is 3. The number of rotatable bonds is 4. The largest absolute Gasteiger partial charge is 0.450 e. The van der Waals surface area contributed by atoms with Gasteiger partial charge in [-0.2, -0.15) is 0 Å². The lowest BCUT2D eigenvalue weighted by Crippen LogP contribution is -2.49. The highest BCUT2D eigenvalue weighted by molar-refractivity contribution is 5.74. The second kappa shape index (κ2) is 8.41. The zero-order chi connectivity index (χ0) is 16.7. The van der Waals surface area contributed by atoms with Crippen LogP contribution >= 0.6 is 0 Å². The number of aryl methyl sites for hydroxylation is 1. The molecule has 0 aliphatic carbocycles. The molecule has 1 aliphatic rings. The van der Waals surface area contributed by atoms with Gasteiger partial charge in [-0.1, -0.05) is 29.8 Å². The first kappa shape index (κ1) is 17.1. The fraction of sp³-hybridized carbons (Fsp3) is 0.529. The van der Waals surface area contributed by atoms with E-state index >= 15 is 0 Å². The van der Waals surface area contributed by atoms with Gasteiger partial charge in [-0.3, -0.25) is 0 Å². The first-order chi connectivity index (χ1) is 11.1. The highest BCUT2D eigenvalue weighted by Gasteiger charge is 2.24. The highest BCUT2D eigenvalue weighted by atomic mass is 16.6. The van der Waals surface area contributed by atoms with Gasteiger partial charge >= 0.3 is 12.1 Å². The molecule has 0 radical (unpaired) electrons. The summed E-state index contributed by atoms with van der Waals surface area (Å²) in [5.41, 5.74) is 2.27. The van der Waals surface area contributed by atoms with E-state index in [1.165, 1.54) is 5.56 Å². The molecule has 0 unspecified atom stereocenters. The lowest BCUT2D eigenvalue weighted by atomic mass is 10.1. The monoisotopic (exact) mass is 319 g/mol. The molecule has 1 aliphatic heterocycles. The maximum absolute atomic E-state index is 11.9. The first-order valence-corrected chi connectivity index (χ1v) is 8.10. The Hall–Kier alpha value is -2.24. The lowest BCUT2D eigenvalue weighted by Gasteiger charge is -2.31. The normalized spacial score (nSPS) is 15.1. The Morgan fingerprint density at radius 3 is 2.48 bits per heavy atom. The van der Waals surface area contributed by atoms with E-state index in [1.54, 1.807) is 11.8 Å². The van der Waals surface area contributed by atoms with Gasteiger partial charge in [-0.05, 0) is 32.3 Å². The van der Waals surface area contributed by atoms with Crippen LogP contribution in [0.4, 0.5) is 9.59 Å². The molecule has 0 spiro atoms. The SMILES string of the molecule is CCOC(=O)N1CCC(NC(=O)NCc2ccc(C)cc2)CC1. The van der Waals surface area contributed by atoms with Gasteiger partial charge in [-0.15, -0.1) is 0 Å². The molecule has 2 N–H and O–H groups in total. The predicted octanol–water partition coefficient (Wildman–Crippen LogP) is 2.42. The van der Waals surface area contributed by atoms with Crippen molar-refractivity contribution < 1.29 is 14.3 Å². The molecule has 1 saturated heterocycles. The van der Waals surface area contributed by atoms with Gasteiger partial charge in [-0.25, -0.2) is 9.59 Å². The van der Waals surface area contributed by atoms with Gasteiger partial charge in [0.05, 0.1) is 6.61 Å². The summed E-state index contributed by atoms with van der Waals surface area (Å²) in [5.74, 6) is 0. The molecule has 2 rings (SSSR count). The standard InChI is InChI=1S/C17H25N3O3/c1-3-23-17(22)20-10-8-15(9-11-20)19-16(21)18-12-14-6-4-13(2)5-7-14/h4-7,15H,3,8-12H2,1-2H3,(H2,18,19,21). The van der Waals surface area contributed by atoms with Crippen LogP contribution in [0.2, 0.25) is 0 Å². The van der Waals surface area contributed by atoms with Crippen LogP contribution in [0.25, 0.3) is 0 Å². The molecule has 1 aromatic rings. The number of likely N-dealkylation sites (tertiary alicyclic amines) is 1. The maximum Gasteiger partial charge on any atom is 0.409 e. The first-order valence-electron chi connectivity index (χ1n) is 8.10. The van der Waals surface area contributed by atoms with Gasteiger partial charge in [0, 0.05) is 25.7 Å². The molecular weight excluding hydrogens is 294 g/mol. The zero-order valence-corrected chi connectivity index (χ0v) is 13.8. The summed E-state index contributed by atoms with van der Waals surface area (Å²) in [6, 6.07) is 8.00. The molecule has 3 amide bonds. The minimum Gasteiger partial charge on any atom is -0.450 e. The third-order valence-electron chi connectivity index (χ3n) is 3.93. The van der Waals surface area contributed by atoms with E-state index in [9.17, 15) is 9.59 Å². The van der Waals surface area contributed by atoms with Crippen LogP contribution < -0.4 is 10.6 Å². The smallest absolute Gasteiger partial charge is 0.409 e. The number of ether oxygens (including phenoxy) is 1. The summed E-state index contributed by atoms with van der Waals surface area (Å²) in [5, 5.41) is 5.83. The number of nitrogens with zero attached hydrogens (tertiary/aromatic N) is 1. The Kier molecular flexibility index (Phi) is 6.26. The number of carbonyl (C=O) groups excluding carboxylic acids is 2. The summed E-state index contributed by atoms with van der Waals surface area (Å²) in [7, 11) is 0. The number of hydrogen-bond donors (Lipinski definition) is 2. The van der Waals surface area contributed by atoms with E-state index in [1.807, 2.05) is 31.2 Å². The van der Waals surface area contributed by atoms with Crippen LogP contribution in [0.1, 0.15) is 30.9 Å². The molecule has 1 heterocycles. The van der Waals surface area contributed by atoms with E-state index in [4.69, 9.17) is 4.74 Å². The van der Waals surface area contributed by atoms with Crippen LogP contribution in [0.5, 0.6) is 0 Å². The van der Waals surface area contributed by atoms with Gasteiger partial charge in [0.25, 0.3) is 0 Å². The minimum atomic E-state index is -0.269. The third kappa shape index (κ3) is 5.47. The minimum absolute atomic E-state index is 0.0960. The number of amides is 3. The number of benzene rings is 1. The Bertz CT molecular complexity index is 522. The molecule has 1 aromatic carbocycles. The van der Waals surface area contributed by atoms with Crippen LogP contribution in [0.3, 0.4) is 0 Å². The summed E-state index contributed by atoms with van der Waals surface area (Å²) in [6.45, 7) is 5.95.